The van der Waals surface area contributed by atoms with E-state index in [0.29, 0.717) is 23.1 Å². The van der Waals surface area contributed by atoms with E-state index in [0.717, 1.165) is 24.8 Å². The summed E-state index contributed by atoms with van der Waals surface area (Å²) in [5, 5.41) is 3.92. The van der Waals surface area contributed by atoms with Crippen molar-refractivity contribution in [2.45, 2.75) is 49.6 Å². The third kappa shape index (κ3) is 2.82. The number of nitrogens with zero attached hydrogens (tertiary/aromatic N) is 1. The van der Waals surface area contributed by atoms with Crippen molar-refractivity contribution in [1.29, 1.82) is 0 Å². The molecule has 128 valence electrons. The van der Waals surface area contributed by atoms with Crippen LogP contribution < -0.4 is 5.32 Å². The van der Waals surface area contributed by atoms with Gasteiger partial charge in [-0.3, -0.25) is 9.59 Å². The summed E-state index contributed by atoms with van der Waals surface area (Å²) in [4.78, 5) is 26.8. The second-order valence-electron chi connectivity index (χ2n) is 7.14. The second-order valence-corrected chi connectivity index (χ2v) is 9.08. The predicted molar refractivity (Wildman–Crippen MR) is 95.8 cm³/mol. The number of nitrogens with one attached hydrogen (secondary N) is 1. The first-order chi connectivity index (χ1) is 11.5. The average Bonchev–Trinajstić information content (AvgIpc) is 3.28. The fourth-order valence-corrected chi connectivity index (χ4v) is 5.40. The lowest BCUT2D eigenvalue weighted by molar-refractivity contribution is -0.138. The Kier molecular flexibility index (Phi) is 4.04. The smallest absolute Gasteiger partial charge is 0.244 e. The largest absolute Gasteiger partial charge is 0.347 e. The molecule has 1 aliphatic carbocycles. The number of halogens is 1. The van der Waals surface area contributed by atoms with Gasteiger partial charge in [0.2, 0.25) is 11.8 Å². The molecule has 3 atom stereocenters. The molecule has 0 radical (unpaired) electrons. The van der Waals surface area contributed by atoms with E-state index in [1.165, 1.54) is 0 Å². The van der Waals surface area contributed by atoms with Gasteiger partial charge in [-0.15, -0.1) is 11.8 Å². The maximum Gasteiger partial charge on any atom is 0.244 e. The second kappa shape index (κ2) is 5.95. The van der Waals surface area contributed by atoms with E-state index in [-0.39, 0.29) is 28.8 Å². The van der Waals surface area contributed by atoms with Crippen LogP contribution in [0, 0.1) is 5.92 Å². The molecular weight excluding hydrogens is 344 g/mol. The van der Waals surface area contributed by atoms with Gasteiger partial charge in [0.15, 0.2) is 0 Å². The van der Waals surface area contributed by atoms with Gasteiger partial charge < -0.3 is 10.2 Å². The molecule has 1 saturated carbocycles. The molecule has 1 aromatic carbocycles. The Bertz CT molecular complexity index is 676. The van der Waals surface area contributed by atoms with Crippen molar-refractivity contribution in [3.8, 4) is 0 Å². The van der Waals surface area contributed by atoms with Gasteiger partial charge in [0, 0.05) is 17.2 Å². The van der Waals surface area contributed by atoms with Crippen LogP contribution in [0.15, 0.2) is 24.3 Å². The lowest BCUT2D eigenvalue weighted by Gasteiger charge is -2.31. The van der Waals surface area contributed by atoms with Crippen LogP contribution in [0.1, 0.15) is 44.2 Å². The molecule has 2 amide bonds. The maximum absolute atomic E-state index is 12.9. The summed E-state index contributed by atoms with van der Waals surface area (Å²) >= 11 is 7.71. The summed E-state index contributed by atoms with van der Waals surface area (Å²) in [5.74, 6) is 1.27. The van der Waals surface area contributed by atoms with Crippen LogP contribution in [0.25, 0.3) is 0 Å². The fourth-order valence-electron chi connectivity index (χ4n) is 3.84. The molecule has 4 rings (SSSR count). The molecule has 1 aromatic rings. The number of hydrogen-bond acceptors (Lipinski definition) is 3. The minimum Gasteiger partial charge on any atom is -0.347 e. The minimum atomic E-state index is -0.344. The van der Waals surface area contributed by atoms with Crippen LogP contribution >= 0.6 is 23.4 Å². The molecule has 3 fully saturated rings. The number of thioether (sulfide) groups is 1. The van der Waals surface area contributed by atoms with E-state index in [4.69, 9.17) is 11.6 Å². The number of carbonyl (C=O) groups is 2. The topological polar surface area (TPSA) is 49.4 Å². The average molecular weight is 365 g/mol. The Hall–Kier alpha value is -1.20. The quantitative estimate of drug-likeness (QED) is 0.891. The van der Waals surface area contributed by atoms with Crippen molar-refractivity contribution in [3.05, 3.63) is 34.9 Å². The summed E-state index contributed by atoms with van der Waals surface area (Å²) in [5.41, 5.74) is 1.09. The van der Waals surface area contributed by atoms with Crippen LogP contribution in [-0.4, -0.2) is 33.4 Å². The van der Waals surface area contributed by atoms with Crippen LogP contribution in [0.5, 0.6) is 0 Å². The first kappa shape index (κ1) is 16.3. The van der Waals surface area contributed by atoms with E-state index in [1.54, 1.807) is 11.8 Å². The molecule has 0 spiro atoms. The third-order valence-electron chi connectivity index (χ3n) is 5.37. The predicted octanol–water partition coefficient (Wildman–Crippen LogP) is 3.36. The zero-order chi connectivity index (χ0) is 16.9. The maximum atomic E-state index is 12.9. The highest BCUT2D eigenvalue weighted by Gasteiger charge is 2.53. The first-order valence-corrected chi connectivity index (χ1v) is 9.86. The summed E-state index contributed by atoms with van der Waals surface area (Å²) < 4.78 is 0. The Labute approximate surface area is 151 Å². The van der Waals surface area contributed by atoms with Gasteiger partial charge in [-0.1, -0.05) is 23.7 Å². The first-order valence-electron chi connectivity index (χ1n) is 8.50. The van der Waals surface area contributed by atoms with E-state index in [2.05, 4.69) is 12.2 Å². The summed E-state index contributed by atoms with van der Waals surface area (Å²) in [7, 11) is 0. The van der Waals surface area contributed by atoms with Crippen LogP contribution in [-0.2, 0) is 9.59 Å². The summed E-state index contributed by atoms with van der Waals surface area (Å²) in [6, 6.07) is 7.38. The number of amides is 2. The standard InChI is InChI=1S/C18H21ClN2O2S/c1-18-9-8-15(22)21(18)14(10-24-18)17(23)20-16(11-2-3-11)12-4-6-13(19)7-5-12/h4-7,11,14,16H,2-3,8-10H2,1H3,(H,20,23). The van der Waals surface area contributed by atoms with Crippen molar-refractivity contribution < 1.29 is 9.59 Å². The monoisotopic (exact) mass is 364 g/mol. The number of carbonyl (C=O) groups excluding carboxylic acids is 2. The van der Waals surface area contributed by atoms with Gasteiger partial charge in [0.05, 0.1) is 10.9 Å². The lowest BCUT2D eigenvalue weighted by atomic mass is 10.0. The van der Waals surface area contributed by atoms with Gasteiger partial charge in [-0.25, -0.2) is 0 Å². The summed E-state index contributed by atoms with van der Waals surface area (Å²) in [6.45, 7) is 2.08. The number of rotatable bonds is 4. The lowest BCUT2D eigenvalue weighted by Crippen LogP contribution is -2.50. The highest BCUT2D eigenvalue weighted by atomic mass is 35.5. The minimum absolute atomic E-state index is 0.0179. The molecule has 0 aromatic heterocycles. The molecule has 24 heavy (non-hydrogen) atoms. The normalized spacial score (nSPS) is 30.3. The molecule has 6 heteroatoms. The molecule has 2 heterocycles. The van der Waals surface area contributed by atoms with Gasteiger partial charge in [-0.05, 0) is 49.8 Å². The van der Waals surface area contributed by atoms with E-state index in [1.807, 2.05) is 29.2 Å². The van der Waals surface area contributed by atoms with Crippen LogP contribution in [0.3, 0.4) is 0 Å². The fraction of sp³-hybridized carbons (Fsp3) is 0.556. The van der Waals surface area contributed by atoms with Gasteiger partial charge in [0.25, 0.3) is 0 Å². The van der Waals surface area contributed by atoms with Crippen molar-refractivity contribution in [1.82, 2.24) is 10.2 Å². The highest BCUT2D eigenvalue weighted by molar-refractivity contribution is 8.01. The third-order valence-corrected chi connectivity index (χ3v) is 7.12. The van der Waals surface area contributed by atoms with Crippen molar-refractivity contribution in [2.24, 2.45) is 5.92 Å². The number of fused-ring (bicyclic) bond motifs is 1. The zero-order valence-electron chi connectivity index (χ0n) is 13.6. The molecule has 1 N–H and O–H groups in total. The molecule has 0 bridgehead atoms. The number of benzene rings is 1. The molecule has 3 unspecified atom stereocenters. The van der Waals surface area contributed by atoms with Gasteiger partial charge in [-0.2, -0.15) is 0 Å². The van der Waals surface area contributed by atoms with E-state index < -0.39 is 0 Å². The van der Waals surface area contributed by atoms with Crippen LogP contribution in [0.4, 0.5) is 0 Å². The SMILES string of the molecule is CC12CCC(=O)N1C(C(=O)NC(c1ccc(Cl)cc1)C1CC1)CS2. The molecular formula is C18H21ClN2O2S. The molecule has 2 saturated heterocycles. The van der Waals surface area contributed by atoms with Crippen molar-refractivity contribution in [3.63, 3.8) is 0 Å². The van der Waals surface area contributed by atoms with Crippen molar-refractivity contribution >= 4 is 35.2 Å². The Morgan fingerprint density at radius 3 is 2.75 bits per heavy atom. The van der Waals surface area contributed by atoms with E-state index >= 15 is 0 Å². The zero-order valence-corrected chi connectivity index (χ0v) is 15.2. The van der Waals surface area contributed by atoms with Crippen molar-refractivity contribution in [2.75, 3.05) is 5.75 Å². The van der Waals surface area contributed by atoms with E-state index in [9.17, 15) is 9.59 Å². The van der Waals surface area contributed by atoms with Crippen LogP contribution in [0.2, 0.25) is 5.02 Å². The molecule has 4 nitrogen and oxygen atoms in total. The van der Waals surface area contributed by atoms with Gasteiger partial charge >= 0.3 is 0 Å². The van der Waals surface area contributed by atoms with Gasteiger partial charge in [0.1, 0.15) is 6.04 Å². The Morgan fingerprint density at radius 2 is 2.08 bits per heavy atom. The Balaban J connectivity index is 1.52. The highest BCUT2D eigenvalue weighted by Crippen LogP contribution is 2.48. The summed E-state index contributed by atoms with van der Waals surface area (Å²) in [6.07, 6.45) is 3.65. The molecule has 3 aliphatic rings. The Morgan fingerprint density at radius 1 is 1.38 bits per heavy atom. The number of hydrogen-bond donors (Lipinski definition) is 1. The molecule has 2 aliphatic heterocycles.